The highest BCUT2D eigenvalue weighted by atomic mass is 15.2. The second-order valence-corrected chi connectivity index (χ2v) is 16.5. The molecule has 0 spiro atoms. The number of rotatable bonds is 7. The van der Waals surface area contributed by atoms with Crippen molar-refractivity contribution in [2.75, 3.05) is 0 Å². The summed E-state index contributed by atoms with van der Waals surface area (Å²) in [6.45, 7) is 2.51. The van der Waals surface area contributed by atoms with E-state index in [4.69, 9.17) is 0 Å². The van der Waals surface area contributed by atoms with E-state index in [1.165, 1.54) is 85.3 Å². The van der Waals surface area contributed by atoms with Crippen LogP contribution in [-0.2, 0) is 0 Å². The zero-order chi connectivity index (χ0) is 34.2. The predicted molar refractivity (Wildman–Crippen MR) is 214 cm³/mol. The Morgan fingerprint density at radius 1 is 0.686 bits per heavy atom. The van der Waals surface area contributed by atoms with Crippen molar-refractivity contribution in [3.05, 3.63) is 160 Å². The second-order valence-electron chi connectivity index (χ2n) is 16.5. The monoisotopic (exact) mass is 672 g/mol. The van der Waals surface area contributed by atoms with E-state index in [0.29, 0.717) is 23.9 Å². The lowest BCUT2D eigenvalue weighted by Crippen LogP contribution is -2.43. The van der Waals surface area contributed by atoms with Crippen LogP contribution in [0.15, 0.2) is 149 Å². The van der Waals surface area contributed by atoms with Gasteiger partial charge >= 0.3 is 0 Å². The zero-order valence-electron chi connectivity index (χ0n) is 30.8. The van der Waals surface area contributed by atoms with Gasteiger partial charge in [-0.3, -0.25) is 0 Å². The van der Waals surface area contributed by atoms with Gasteiger partial charge in [0, 0.05) is 34.2 Å². The summed E-state index contributed by atoms with van der Waals surface area (Å²) in [5.74, 6) is 1.40. The van der Waals surface area contributed by atoms with Gasteiger partial charge in [0.15, 0.2) is 0 Å². The van der Waals surface area contributed by atoms with E-state index in [0.717, 1.165) is 44.9 Å². The van der Waals surface area contributed by atoms with Crippen LogP contribution < -0.4 is 0 Å². The van der Waals surface area contributed by atoms with E-state index in [-0.39, 0.29) is 5.41 Å². The Kier molecular flexibility index (Phi) is 9.13. The summed E-state index contributed by atoms with van der Waals surface area (Å²) in [6.07, 6.45) is 54.2. The Hall–Kier alpha value is -4.04. The van der Waals surface area contributed by atoms with Gasteiger partial charge in [-0.25, -0.2) is 0 Å². The molecule has 1 aromatic rings. The van der Waals surface area contributed by atoms with Gasteiger partial charge in [-0.1, -0.05) is 103 Å². The molecule has 5 atom stereocenters. The number of fused-ring (bicyclic) bond motifs is 3. The number of benzene rings is 1. The summed E-state index contributed by atoms with van der Waals surface area (Å²) in [4.78, 5) is 5.60. The van der Waals surface area contributed by atoms with Gasteiger partial charge in [0.2, 0.25) is 0 Å². The predicted octanol–water partition coefficient (Wildman–Crippen LogP) is 12.7. The molecule has 0 N–H and O–H groups in total. The van der Waals surface area contributed by atoms with Crippen LogP contribution in [0.4, 0.5) is 0 Å². The lowest BCUT2D eigenvalue weighted by atomic mass is 9.74. The minimum atomic E-state index is 0.0588. The number of hydrogen-bond donors (Lipinski definition) is 0. The molecule has 9 rings (SSSR count). The van der Waals surface area contributed by atoms with Crippen molar-refractivity contribution in [3.63, 3.8) is 0 Å². The molecule has 0 radical (unpaired) electrons. The van der Waals surface area contributed by atoms with Crippen LogP contribution in [0.25, 0.3) is 5.57 Å². The molecule has 0 aromatic heterocycles. The van der Waals surface area contributed by atoms with E-state index in [1.54, 1.807) is 16.7 Å². The second kappa shape index (κ2) is 14.2. The molecule has 0 amide bonds. The first-order valence-electron chi connectivity index (χ1n) is 20.4. The summed E-state index contributed by atoms with van der Waals surface area (Å²) < 4.78 is 0. The third-order valence-electron chi connectivity index (χ3n) is 13.5. The Morgan fingerprint density at radius 3 is 2.27 bits per heavy atom. The molecule has 1 saturated heterocycles. The number of likely N-dealkylation sites (tertiary alicyclic amines) is 1. The number of nitrogens with zero attached hydrogens (tertiary/aromatic N) is 2. The maximum absolute atomic E-state index is 2.88. The first kappa shape index (κ1) is 32.8. The lowest BCUT2D eigenvalue weighted by Gasteiger charge is -2.44. The molecule has 8 aliphatic rings. The average molecular weight is 673 g/mol. The molecule has 2 nitrogen and oxygen atoms in total. The Balaban J connectivity index is 0.994. The summed E-state index contributed by atoms with van der Waals surface area (Å²) in [5.41, 5.74) is 13.8. The van der Waals surface area contributed by atoms with Crippen molar-refractivity contribution in [1.82, 2.24) is 9.80 Å². The highest BCUT2D eigenvalue weighted by Gasteiger charge is 2.49. The van der Waals surface area contributed by atoms with E-state index >= 15 is 0 Å². The SMILES string of the molecule is CC12CC=CC=C1N(C1=CCC(C3=CC=CCC3)CC1)C1=CC(N(C3=CC=CCC3)C3CC=C(c4ccc(C5CC=CCC5)cc4)CC3)CC=C12. The summed E-state index contributed by atoms with van der Waals surface area (Å²) in [6, 6.07) is 10.6. The van der Waals surface area contributed by atoms with Gasteiger partial charge in [0.05, 0.1) is 6.04 Å². The minimum absolute atomic E-state index is 0.0588. The molecule has 5 unspecified atom stereocenters. The van der Waals surface area contributed by atoms with Crippen LogP contribution in [0, 0.1) is 11.3 Å². The number of allylic oxidation sites excluding steroid dienone is 18. The van der Waals surface area contributed by atoms with Gasteiger partial charge in [0.25, 0.3) is 0 Å². The number of hydrogen-bond acceptors (Lipinski definition) is 2. The van der Waals surface area contributed by atoms with Crippen LogP contribution in [0.2, 0.25) is 0 Å². The van der Waals surface area contributed by atoms with Gasteiger partial charge in [-0.15, -0.1) is 0 Å². The molecule has 0 saturated carbocycles. The van der Waals surface area contributed by atoms with E-state index < -0.39 is 0 Å². The van der Waals surface area contributed by atoms with E-state index in [2.05, 4.69) is 132 Å². The fourth-order valence-electron chi connectivity index (χ4n) is 10.6. The largest absolute Gasteiger partial charge is 0.365 e. The first-order chi connectivity index (χ1) is 25.2. The Morgan fingerprint density at radius 2 is 1.55 bits per heavy atom. The molecule has 7 aliphatic carbocycles. The molecular weight excluding hydrogens is 617 g/mol. The van der Waals surface area contributed by atoms with Crippen LogP contribution >= 0.6 is 0 Å². The Labute approximate surface area is 307 Å². The summed E-state index contributed by atoms with van der Waals surface area (Å²) in [5, 5.41) is 0. The minimum Gasteiger partial charge on any atom is -0.365 e. The first-order valence-corrected chi connectivity index (χ1v) is 20.4. The fraction of sp³-hybridized carbons (Fsp3) is 0.429. The molecule has 0 bridgehead atoms. The van der Waals surface area contributed by atoms with Gasteiger partial charge < -0.3 is 9.80 Å². The highest BCUT2D eigenvalue weighted by Crippen LogP contribution is 2.58. The highest BCUT2D eigenvalue weighted by molar-refractivity contribution is 5.67. The average Bonchev–Trinajstić information content (AvgIpc) is 3.47. The van der Waals surface area contributed by atoms with Crippen molar-refractivity contribution >= 4 is 5.57 Å². The third-order valence-corrected chi connectivity index (χ3v) is 13.5. The van der Waals surface area contributed by atoms with Crippen molar-refractivity contribution in [1.29, 1.82) is 0 Å². The molecule has 51 heavy (non-hydrogen) atoms. The lowest BCUT2D eigenvalue weighted by molar-refractivity contribution is 0.191. The third kappa shape index (κ3) is 6.28. The van der Waals surface area contributed by atoms with Crippen LogP contribution in [0.1, 0.15) is 120 Å². The normalized spacial score (nSPS) is 31.4. The van der Waals surface area contributed by atoms with Crippen molar-refractivity contribution in [2.45, 2.75) is 121 Å². The van der Waals surface area contributed by atoms with E-state index in [1.807, 2.05) is 0 Å². The van der Waals surface area contributed by atoms with E-state index in [9.17, 15) is 0 Å². The quantitative estimate of drug-likeness (QED) is 0.266. The van der Waals surface area contributed by atoms with Crippen LogP contribution in [0.5, 0.6) is 0 Å². The van der Waals surface area contributed by atoms with Crippen molar-refractivity contribution in [3.8, 4) is 0 Å². The molecule has 2 heteroatoms. The molecule has 1 aliphatic heterocycles. The molecule has 1 heterocycles. The van der Waals surface area contributed by atoms with Crippen molar-refractivity contribution in [2.24, 2.45) is 11.3 Å². The van der Waals surface area contributed by atoms with Gasteiger partial charge in [0.1, 0.15) is 0 Å². The smallest absolute Gasteiger partial charge is 0.0531 e. The zero-order valence-corrected chi connectivity index (χ0v) is 30.8. The fourth-order valence-corrected chi connectivity index (χ4v) is 10.6. The standard InChI is InChI=1S/C49H56N2/c1-49-34-12-11-19-48(49)51(44-30-26-40(27-31-44)37-15-7-3-8-16-37)47-35-45(32-33-46(47)49)50(42-17-9-4-10-18-42)43-28-24-41(25-29-43)39-22-20-38(21-23-39)36-13-5-2-6-14-36/h2-5,7,9,11-12,15,17,19-24,30,33,35-36,40,43,45H,6,8,10,13-14,16,18,25-29,31-32,34H2,1H3. The maximum Gasteiger partial charge on any atom is 0.0531 e. The summed E-state index contributed by atoms with van der Waals surface area (Å²) >= 11 is 0. The summed E-state index contributed by atoms with van der Waals surface area (Å²) in [7, 11) is 0. The molecular formula is C49H56N2. The van der Waals surface area contributed by atoms with Crippen molar-refractivity contribution < 1.29 is 0 Å². The van der Waals surface area contributed by atoms with Gasteiger partial charge in [-0.05, 0) is 156 Å². The molecule has 1 aromatic carbocycles. The maximum atomic E-state index is 2.88. The van der Waals surface area contributed by atoms with Crippen LogP contribution in [-0.4, -0.2) is 21.9 Å². The van der Waals surface area contributed by atoms with Crippen LogP contribution in [0.3, 0.4) is 0 Å². The molecule has 1 fully saturated rings. The Bertz CT molecular complexity index is 1860. The topological polar surface area (TPSA) is 6.48 Å². The van der Waals surface area contributed by atoms with Gasteiger partial charge in [-0.2, -0.15) is 0 Å². The molecule has 262 valence electrons.